The van der Waals surface area contributed by atoms with Crippen LogP contribution in [0.5, 0.6) is 0 Å². The van der Waals surface area contributed by atoms with Gasteiger partial charge >= 0.3 is 0 Å². The van der Waals surface area contributed by atoms with E-state index in [1.54, 1.807) is 4.90 Å². The third-order valence-electron chi connectivity index (χ3n) is 4.91. The standard InChI is InChI=1S/C18H24N2O2/c1-14-9-12-19(13-10-14)18(22)16-8-5-11-20(16)17(21)15-6-3-2-4-7-15/h2-4,6-7,14,16H,5,8-13H2,1H3/t16-/m0/s1. The van der Waals surface area contributed by atoms with Gasteiger partial charge in [-0.25, -0.2) is 0 Å². The van der Waals surface area contributed by atoms with Crippen molar-refractivity contribution in [3.8, 4) is 0 Å². The number of carbonyl (C=O) groups is 2. The number of rotatable bonds is 2. The van der Waals surface area contributed by atoms with Gasteiger partial charge in [0.25, 0.3) is 5.91 Å². The number of carbonyl (C=O) groups excluding carboxylic acids is 2. The predicted octanol–water partition coefficient (Wildman–Crippen LogP) is 2.55. The quantitative estimate of drug-likeness (QED) is 0.842. The normalized spacial score (nSPS) is 22.9. The highest BCUT2D eigenvalue weighted by Crippen LogP contribution is 2.24. The highest BCUT2D eigenvalue weighted by atomic mass is 16.2. The van der Waals surface area contributed by atoms with Crippen LogP contribution in [0.1, 0.15) is 43.0 Å². The Morgan fingerprint density at radius 2 is 1.68 bits per heavy atom. The number of hydrogen-bond donors (Lipinski definition) is 0. The molecular formula is C18H24N2O2. The lowest BCUT2D eigenvalue weighted by Crippen LogP contribution is -2.49. The molecule has 2 saturated heterocycles. The van der Waals surface area contributed by atoms with Crippen molar-refractivity contribution in [2.75, 3.05) is 19.6 Å². The monoisotopic (exact) mass is 300 g/mol. The van der Waals surface area contributed by atoms with Crippen molar-refractivity contribution in [1.29, 1.82) is 0 Å². The molecule has 0 spiro atoms. The molecule has 118 valence electrons. The smallest absolute Gasteiger partial charge is 0.254 e. The summed E-state index contributed by atoms with van der Waals surface area (Å²) in [5.74, 6) is 0.838. The van der Waals surface area contributed by atoms with E-state index in [1.807, 2.05) is 35.2 Å². The number of piperidine rings is 1. The Kier molecular flexibility index (Phi) is 4.46. The van der Waals surface area contributed by atoms with E-state index in [-0.39, 0.29) is 17.9 Å². The first-order valence-corrected chi connectivity index (χ1v) is 8.31. The van der Waals surface area contributed by atoms with Crippen molar-refractivity contribution in [2.45, 2.75) is 38.6 Å². The fraction of sp³-hybridized carbons (Fsp3) is 0.556. The number of amides is 2. The van der Waals surface area contributed by atoms with Crippen molar-refractivity contribution in [1.82, 2.24) is 9.80 Å². The largest absolute Gasteiger partial charge is 0.341 e. The maximum Gasteiger partial charge on any atom is 0.254 e. The van der Waals surface area contributed by atoms with Gasteiger partial charge in [0.15, 0.2) is 0 Å². The molecule has 4 nitrogen and oxygen atoms in total. The maximum atomic E-state index is 12.8. The second-order valence-electron chi connectivity index (χ2n) is 6.53. The molecule has 0 N–H and O–H groups in total. The summed E-state index contributed by atoms with van der Waals surface area (Å²) in [6, 6.07) is 9.02. The Labute approximate surface area is 132 Å². The van der Waals surface area contributed by atoms with Crippen LogP contribution in [0.3, 0.4) is 0 Å². The van der Waals surface area contributed by atoms with E-state index in [0.717, 1.165) is 38.8 Å². The predicted molar refractivity (Wildman–Crippen MR) is 85.5 cm³/mol. The van der Waals surface area contributed by atoms with Crippen LogP contribution in [-0.4, -0.2) is 47.3 Å². The molecule has 0 radical (unpaired) electrons. The molecule has 0 saturated carbocycles. The Morgan fingerprint density at radius 1 is 1.00 bits per heavy atom. The minimum atomic E-state index is -0.263. The molecule has 1 aromatic rings. The molecule has 2 aliphatic rings. The lowest BCUT2D eigenvalue weighted by molar-refractivity contribution is -0.136. The van der Waals surface area contributed by atoms with Crippen molar-refractivity contribution >= 4 is 11.8 Å². The highest BCUT2D eigenvalue weighted by molar-refractivity contribution is 5.97. The van der Waals surface area contributed by atoms with Crippen LogP contribution in [0.2, 0.25) is 0 Å². The number of benzene rings is 1. The average Bonchev–Trinajstić information content (AvgIpc) is 3.04. The summed E-state index contributed by atoms with van der Waals surface area (Å²) in [6.45, 7) is 4.60. The zero-order valence-corrected chi connectivity index (χ0v) is 13.2. The van der Waals surface area contributed by atoms with Crippen molar-refractivity contribution in [2.24, 2.45) is 5.92 Å². The van der Waals surface area contributed by atoms with Crippen LogP contribution < -0.4 is 0 Å². The summed E-state index contributed by atoms with van der Waals surface area (Å²) in [6.07, 6.45) is 3.86. The fourth-order valence-corrected chi connectivity index (χ4v) is 3.45. The molecule has 0 unspecified atom stereocenters. The summed E-state index contributed by atoms with van der Waals surface area (Å²) in [5.41, 5.74) is 0.675. The molecule has 3 rings (SSSR count). The van der Waals surface area contributed by atoms with Crippen molar-refractivity contribution in [3.63, 3.8) is 0 Å². The van der Waals surface area contributed by atoms with E-state index < -0.39 is 0 Å². The first kappa shape index (κ1) is 15.1. The van der Waals surface area contributed by atoms with E-state index in [9.17, 15) is 9.59 Å². The maximum absolute atomic E-state index is 12.8. The van der Waals surface area contributed by atoms with Gasteiger partial charge in [-0.15, -0.1) is 0 Å². The first-order chi connectivity index (χ1) is 10.7. The summed E-state index contributed by atoms with van der Waals surface area (Å²) in [7, 11) is 0. The van der Waals surface area contributed by atoms with Crippen LogP contribution >= 0.6 is 0 Å². The second kappa shape index (κ2) is 6.51. The topological polar surface area (TPSA) is 40.6 Å². The summed E-state index contributed by atoms with van der Waals surface area (Å²) < 4.78 is 0. The summed E-state index contributed by atoms with van der Waals surface area (Å²) >= 11 is 0. The van der Waals surface area contributed by atoms with Gasteiger partial charge in [-0.3, -0.25) is 9.59 Å². The van der Waals surface area contributed by atoms with Gasteiger partial charge < -0.3 is 9.80 Å². The molecular weight excluding hydrogens is 276 g/mol. The summed E-state index contributed by atoms with van der Waals surface area (Å²) in [5, 5.41) is 0. The average molecular weight is 300 g/mol. The SMILES string of the molecule is CC1CCN(C(=O)[C@@H]2CCCN2C(=O)c2ccccc2)CC1. The van der Waals surface area contributed by atoms with Crippen LogP contribution in [-0.2, 0) is 4.79 Å². The van der Waals surface area contributed by atoms with Gasteiger partial charge in [0.2, 0.25) is 5.91 Å². The molecule has 4 heteroatoms. The minimum Gasteiger partial charge on any atom is -0.341 e. The van der Waals surface area contributed by atoms with Gasteiger partial charge in [-0.2, -0.15) is 0 Å². The van der Waals surface area contributed by atoms with Gasteiger partial charge in [0, 0.05) is 25.2 Å². The molecule has 2 fully saturated rings. The number of hydrogen-bond acceptors (Lipinski definition) is 2. The Hall–Kier alpha value is -1.84. The Morgan fingerprint density at radius 3 is 2.36 bits per heavy atom. The first-order valence-electron chi connectivity index (χ1n) is 8.31. The molecule has 2 aliphatic heterocycles. The molecule has 2 amide bonds. The van der Waals surface area contributed by atoms with Gasteiger partial charge in [0.05, 0.1) is 0 Å². The zero-order valence-electron chi connectivity index (χ0n) is 13.2. The third-order valence-corrected chi connectivity index (χ3v) is 4.91. The van der Waals surface area contributed by atoms with E-state index in [4.69, 9.17) is 0 Å². The Balaban J connectivity index is 1.70. The molecule has 22 heavy (non-hydrogen) atoms. The molecule has 0 bridgehead atoms. The minimum absolute atomic E-state index is 0.0122. The third kappa shape index (κ3) is 3.01. The van der Waals surface area contributed by atoms with Crippen molar-refractivity contribution in [3.05, 3.63) is 35.9 Å². The van der Waals surface area contributed by atoms with E-state index in [1.165, 1.54) is 0 Å². The second-order valence-corrected chi connectivity index (χ2v) is 6.53. The number of likely N-dealkylation sites (tertiary alicyclic amines) is 2. The van der Waals surface area contributed by atoms with Crippen LogP contribution in [0.15, 0.2) is 30.3 Å². The van der Waals surface area contributed by atoms with Crippen molar-refractivity contribution < 1.29 is 9.59 Å². The van der Waals surface area contributed by atoms with Gasteiger partial charge in [-0.05, 0) is 43.7 Å². The molecule has 0 aromatic heterocycles. The van der Waals surface area contributed by atoms with E-state index in [0.29, 0.717) is 18.0 Å². The molecule has 2 heterocycles. The summed E-state index contributed by atoms with van der Waals surface area (Å²) in [4.78, 5) is 29.2. The van der Waals surface area contributed by atoms with E-state index in [2.05, 4.69) is 6.92 Å². The van der Waals surface area contributed by atoms with Gasteiger partial charge in [0.1, 0.15) is 6.04 Å². The zero-order chi connectivity index (χ0) is 15.5. The van der Waals surface area contributed by atoms with Crippen LogP contribution in [0, 0.1) is 5.92 Å². The highest BCUT2D eigenvalue weighted by Gasteiger charge is 2.37. The lowest BCUT2D eigenvalue weighted by Gasteiger charge is -2.34. The lowest BCUT2D eigenvalue weighted by atomic mass is 9.98. The van der Waals surface area contributed by atoms with Gasteiger partial charge in [-0.1, -0.05) is 25.1 Å². The molecule has 1 atom stereocenters. The molecule has 1 aromatic carbocycles. The van der Waals surface area contributed by atoms with Crippen LogP contribution in [0.25, 0.3) is 0 Å². The van der Waals surface area contributed by atoms with Crippen LogP contribution in [0.4, 0.5) is 0 Å². The number of nitrogens with zero attached hydrogens (tertiary/aromatic N) is 2. The van der Waals surface area contributed by atoms with E-state index >= 15 is 0 Å². The Bertz CT molecular complexity index is 535. The fourth-order valence-electron chi connectivity index (χ4n) is 3.45. The molecule has 0 aliphatic carbocycles.